The van der Waals surface area contributed by atoms with Gasteiger partial charge >= 0.3 is 0 Å². The van der Waals surface area contributed by atoms with Crippen molar-refractivity contribution in [3.8, 4) is 0 Å². The molecule has 0 atom stereocenters. The van der Waals surface area contributed by atoms with Gasteiger partial charge in [0, 0.05) is 18.7 Å². The van der Waals surface area contributed by atoms with Crippen LogP contribution in [0.15, 0.2) is 0 Å². The van der Waals surface area contributed by atoms with Gasteiger partial charge in [-0.2, -0.15) is 5.10 Å². The number of H-pyrrole nitrogens is 1. The monoisotopic (exact) mass is 306 g/mol. The number of hydrogen-bond acceptors (Lipinski definition) is 3. The molecular formula is C16H23FN4O. The van der Waals surface area contributed by atoms with Crippen LogP contribution < -0.4 is 0 Å². The fourth-order valence-electron chi connectivity index (χ4n) is 3.83. The summed E-state index contributed by atoms with van der Waals surface area (Å²) in [5.74, 6) is -0.319. The van der Waals surface area contributed by atoms with Gasteiger partial charge < -0.3 is 4.90 Å². The number of aromatic amines is 1. The molecule has 22 heavy (non-hydrogen) atoms. The molecule has 0 bridgehead atoms. The summed E-state index contributed by atoms with van der Waals surface area (Å²) in [5.41, 5.74) is 1.77. The van der Waals surface area contributed by atoms with Crippen LogP contribution in [0.2, 0.25) is 0 Å². The number of alkyl halides is 1. The van der Waals surface area contributed by atoms with Crippen molar-refractivity contribution in [1.82, 2.24) is 20.0 Å². The van der Waals surface area contributed by atoms with Crippen molar-refractivity contribution in [2.45, 2.75) is 57.3 Å². The summed E-state index contributed by atoms with van der Waals surface area (Å²) in [6.07, 6.45) is 4.93. The Morgan fingerprint density at radius 3 is 2.68 bits per heavy atom. The van der Waals surface area contributed by atoms with Gasteiger partial charge in [0.25, 0.3) is 5.91 Å². The van der Waals surface area contributed by atoms with Crippen LogP contribution in [-0.4, -0.2) is 51.2 Å². The molecule has 1 saturated heterocycles. The molecule has 2 fully saturated rings. The summed E-state index contributed by atoms with van der Waals surface area (Å²) in [5, 5.41) is 7.53. The number of amides is 1. The van der Waals surface area contributed by atoms with E-state index in [2.05, 4.69) is 15.1 Å². The average molecular weight is 306 g/mol. The number of fused-ring (bicyclic) bond motifs is 1. The van der Waals surface area contributed by atoms with E-state index in [0.29, 0.717) is 25.9 Å². The summed E-state index contributed by atoms with van der Waals surface area (Å²) >= 11 is 0. The second-order valence-electron chi connectivity index (χ2n) is 6.91. The lowest BCUT2D eigenvalue weighted by Crippen LogP contribution is -2.51. The molecule has 0 aromatic carbocycles. The fourth-order valence-corrected chi connectivity index (χ4v) is 3.83. The molecule has 1 saturated carbocycles. The Morgan fingerprint density at radius 2 is 2.00 bits per heavy atom. The Hall–Kier alpha value is -1.43. The average Bonchev–Trinajstić information content (AvgIpc) is 3.14. The Bertz CT molecular complexity index is 575. The highest BCUT2D eigenvalue weighted by Gasteiger charge is 2.47. The van der Waals surface area contributed by atoms with Gasteiger partial charge in [0.1, 0.15) is 0 Å². The molecule has 2 aliphatic heterocycles. The molecule has 3 aliphatic rings. The van der Waals surface area contributed by atoms with E-state index in [-0.39, 0.29) is 5.91 Å². The van der Waals surface area contributed by atoms with Crippen molar-refractivity contribution in [2.24, 2.45) is 0 Å². The van der Waals surface area contributed by atoms with E-state index in [9.17, 15) is 9.18 Å². The van der Waals surface area contributed by atoms with Crippen LogP contribution in [0.1, 0.15) is 49.1 Å². The van der Waals surface area contributed by atoms with Crippen LogP contribution in [0.25, 0.3) is 0 Å². The van der Waals surface area contributed by atoms with Gasteiger partial charge in [0.05, 0.1) is 17.9 Å². The van der Waals surface area contributed by atoms with E-state index in [1.165, 1.54) is 18.4 Å². The highest BCUT2D eigenvalue weighted by molar-refractivity contribution is 5.86. The lowest BCUT2D eigenvalue weighted by molar-refractivity contribution is -0.151. The van der Waals surface area contributed by atoms with Crippen LogP contribution in [-0.2, 0) is 24.3 Å². The van der Waals surface area contributed by atoms with Gasteiger partial charge in [0.2, 0.25) is 0 Å². The van der Waals surface area contributed by atoms with Crippen LogP contribution in [0.3, 0.4) is 0 Å². The van der Waals surface area contributed by atoms with Gasteiger partial charge in [-0.15, -0.1) is 0 Å². The van der Waals surface area contributed by atoms with Crippen molar-refractivity contribution in [1.29, 1.82) is 0 Å². The smallest absolute Gasteiger partial charge is 0.260 e. The van der Waals surface area contributed by atoms with Gasteiger partial charge in [-0.3, -0.25) is 14.8 Å². The number of carbonyl (C=O) groups is 1. The van der Waals surface area contributed by atoms with Crippen molar-refractivity contribution >= 4 is 5.91 Å². The summed E-state index contributed by atoms with van der Waals surface area (Å²) in [4.78, 5) is 16.4. The number of halogens is 1. The summed E-state index contributed by atoms with van der Waals surface area (Å²) < 4.78 is 14.3. The number of hydrogen-bond donors (Lipinski definition) is 1. The fraction of sp³-hybridized carbons (Fsp3) is 0.750. The van der Waals surface area contributed by atoms with Crippen LogP contribution >= 0.6 is 0 Å². The van der Waals surface area contributed by atoms with Crippen molar-refractivity contribution in [3.63, 3.8) is 0 Å². The minimum absolute atomic E-state index is 0.319. The van der Waals surface area contributed by atoms with Crippen molar-refractivity contribution in [3.05, 3.63) is 17.0 Å². The number of likely N-dealkylation sites (tertiary alicyclic amines) is 1. The molecule has 4 rings (SSSR count). The third kappa shape index (κ3) is 2.33. The molecule has 6 heteroatoms. The van der Waals surface area contributed by atoms with E-state index in [0.717, 1.165) is 43.9 Å². The van der Waals surface area contributed by atoms with Crippen molar-refractivity contribution < 1.29 is 9.18 Å². The van der Waals surface area contributed by atoms with Crippen LogP contribution in [0.4, 0.5) is 4.39 Å². The van der Waals surface area contributed by atoms with Gasteiger partial charge in [0.15, 0.2) is 5.67 Å². The molecule has 0 spiro atoms. The maximum Gasteiger partial charge on any atom is 0.260 e. The van der Waals surface area contributed by atoms with E-state index >= 15 is 0 Å². The zero-order chi connectivity index (χ0) is 15.2. The molecular weight excluding hydrogens is 283 g/mol. The Morgan fingerprint density at radius 1 is 1.23 bits per heavy atom. The third-order valence-corrected chi connectivity index (χ3v) is 5.41. The first-order chi connectivity index (χ1) is 10.7. The van der Waals surface area contributed by atoms with Crippen LogP contribution in [0, 0.1) is 0 Å². The lowest BCUT2D eigenvalue weighted by atomic mass is 9.80. The van der Waals surface area contributed by atoms with Crippen LogP contribution in [0.5, 0.6) is 0 Å². The molecule has 0 unspecified atom stereocenters. The molecule has 1 N–H and O–H groups in total. The molecule has 1 amide bonds. The maximum absolute atomic E-state index is 14.3. The maximum atomic E-state index is 14.3. The summed E-state index contributed by atoms with van der Waals surface area (Å²) in [7, 11) is 0. The minimum atomic E-state index is -1.59. The molecule has 120 valence electrons. The summed E-state index contributed by atoms with van der Waals surface area (Å²) in [6.45, 7) is 4.29. The molecule has 1 aliphatic carbocycles. The quantitative estimate of drug-likeness (QED) is 0.926. The zero-order valence-corrected chi connectivity index (χ0v) is 12.9. The zero-order valence-electron chi connectivity index (χ0n) is 12.9. The Labute approximate surface area is 129 Å². The van der Waals surface area contributed by atoms with Gasteiger partial charge in [-0.25, -0.2) is 4.39 Å². The highest BCUT2D eigenvalue weighted by Crippen LogP contribution is 2.38. The number of carbonyl (C=O) groups excluding carboxylic acids is 1. The first-order valence-electron chi connectivity index (χ1n) is 8.41. The van der Waals surface area contributed by atoms with E-state index in [4.69, 9.17) is 0 Å². The van der Waals surface area contributed by atoms with Crippen molar-refractivity contribution in [2.75, 3.05) is 19.6 Å². The summed E-state index contributed by atoms with van der Waals surface area (Å²) in [6, 6.07) is 0. The molecule has 3 heterocycles. The molecule has 0 radical (unpaired) electrons. The molecule has 1 aromatic rings. The largest absolute Gasteiger partial charge is 0.334 e. The molecule has 1 aromatic heterocycles. The standard InChI is InChI=1S/C16H23FN4O/c17-16(5-3-6-16)15(22)21-9-4-12-13(18-19-14(12)11-21)10-20-7-1-2-8-20/h1-11H2,(H,18,19). The number of rotatable bonds is 3. The van der Waals surface area contributed by atoms with E-state index < -0.39 is 5.67 Å². The number of nitrogens with one attached hydrogen (secondary N) is 1. The second-order valence-corrected chi connectivity index (χ2v) is 6.91. The van der Waals surface area contributed by atoms with Gasteiger partial charge in [-0.1, -0.05) is 0 Å². The number of nitrogens with zero attached hydrogens (tertiary/aromatic N) is 3. The predicted molar refractivity (Wildman–Crippen MR) is 79.9 cm³/mol. The normalized spacial score (nSPS) is 24.1. The predicted octanol–water partition coefficient (Wildman–Crippen LogP) is 1.78. The Kier molecular flexibility index (Phi) is 3.44. The topological polar surface area (TPSA) is 52.2 Å². The first kappa shape index (κ1) is 14.2. The Balaban J connectivity index is 1.45. The van der Waals surface area contributed by atoms with E-state index in [1.54, 1.807) is 4.90 Å². The third-order valence-electron chi connectivity index (χ3n) is 5.41. The number of aromatic nitrogens is 2. The van der Waals surface area contributed by atoms with Gasteiger partial charge in [-0.05, 0) is 51.6 Å². The SMILES string of the molecule is O=C(N1CCc2c(CN3CCCC3)n[nH]c2C1)C1(F)CCC1. The minimum Gasteiger partial charge on any atom is -0.334 e. The van der Waals surface area contributed by atoms with E-state index in [1.807, 2.05) is 0 Å². The highest BCUT2D eigenvalue weighted by atomic mass is 19.1. The first-order valence-corrected chi connectivity index (χ1v) is 8.41. The molecule has 5 nitrogen and oxygen atoms in total. The second kappa shape index (κ2) is 5.33. The lowest BCUT2D eigenvalue weighted by Gasteiger charge is -2.38.